The van der Waals surface area contributed by atoms with Crippen molar-refractivity contribution in [2.75, 3.05) is 5.73 Å². The van der Waals surface area contributed by atoms with Crippen molar-refractivity contribution in [1.29, 1.82) is 0 Å². The van der Waals surface area contributed by atoms with Crippen LogP contribution in [0.25, 0.3) is 16.9 Å². The molecule has 0 amide bonds. The van der Waals surface area contributed by atoms with E-state index < -0.39 is 10.7 Å². The summed E-state index contributed by atoms with van der Waals surface area (Å²) in [5, 5.41) is 19.5. The molecule has 0 radical (unpaired) electrons. The van der Waals surface area contributed by atoms with Crippen LogP contribution in [-0.4, -0.2) is 39.4 Å². The number of anilines is 1. The van der Waals surface area contributed by atoms with Crippen LogP contribution in [-0.2, 0) is 6.54 Å². The highest BCUT2D eigenvalue weighted by molar-refractivity contribution is 5.83. The number of hydrogen-bond acceptors (Lipinski definition) is 8. The Morgan fingerprint density at radius 1 is 1.27 bits per heavy atom. The van der Waals surface area contributed by atoms with Gasteiger partial charge >= 0.3 is 0 Å². The average Bonchev–Trinajstić information content (AvgIpc) is 3.26. The van der Waals surface area contributed by atoms with Gasteiger partial charge < -0.3 is 5.73 Å². The molecule has 26 heavy (non-hydrogen) atoms. The molecular formula is C14H10FN9O2. The summed E-state index contributed by atoms with van der Waals surface area (Å²) in [5.41, 5.74) is 6.04. The molecule has 0 aliphatic carbocycles. The van der Waals surface area contributed by atoms with E-state index >= 15 is 0 Å². The molecule has 3 heterocycles. The Kier molecular flexibility index (Phi) is 3.49. The van der Waals surface area contributed by atoms with Gasteiger partial charge in [0, 0.05) is 11.6 Å². The van der Waals surface area contributed by atoms with E-state index in [0.717, 1.165) is 6.07 Å². The van der Waals surface area contributed by atoms with Gasteiger partial charge in [-0.2, -0.15) is 20.2 Å². The normalized spacial score (nSPS) is 11.1. The molecule has 0 aliphatic heterocycles. The van der Waals surface area contributed by atoms with Crippen LogP contribution >= 0.6 is 0 Å². The van der Waals surface area contributed by atoms with Gasteiger partial charge in [-0.15, -0.1) is 0 Å². The van der Waals surface area contributed by atoms with Crippen LogP contribution in [0.4, 0.5) is 16.0 Å². The van der Waals surface area contributed by atoms with Crippen molar-refractivity contribution >= 4 is 22.7 Å². The average molecular weight is 355 g/mol. The number of aromatic nitrogens is 7. The maximum atomic E-state index is 14.2. The number of non-ortho nitro benzene ring substituents is 1. The second kappa shape index (κ2) is 5.84. The van der Waals surface area contributed by atoms with Crippen molar-refractivity contribution in [2.24, 2.45) is 0 Å². The van der Waals surface area contributed by atoms with Crippen LogP contribution in [0.2, 0.25) is 0 Å². The number of benzene rings is 1. The highest BCUT2D eigenvalue weighted by atomic mass is 19.1. The number of nitrogens with two attached hydrogens (primary N) is 1. The SMILES string of the molecule is Nc1nc(-n2cncn2)c2cnn(Cc3ccc([N+](=O)[O-])cc3F)c2n1. The molecule has 0 fully saturated rings. The molecule has 4 rings (SSSR count). The molecule has 1 aromatic carbocycles. The Balaban J connectivity index is 1.78. The van der Waals surface area contributed by atoms with Gasteiger partial charge in [0.25, 0.3) is 5.69 Å². The molecule has 11 nitrogen and oxygen atoms in total. The quantitative estimate of drug-likeness (QED) is 0.423. The molecule has 0 bridgehead atoms. The smallest absolute Gasteiger partial charge is 0.272 e. The lowest BCUT2D eigenvalue weighted by Gasteiger charge is -2.06. The molecule has 3 aromatic heterocycles. The number of fused-ring (bicyclic) bond motifs is 1. The lowest BCUT2D eigenvalue weighted by atomic mass is 10.2. The first-order chi connectivity index (χ1) is 12.5. The first-order valence-electron chi connectivity index (χ1n) is 7.30. The van der Waals surface area contributed by atoms with E-state index in [1.54, 1.807) is 0 Å². The standard InChI is InChI=1S/C14H10FN9O2/c15-11-3-9(24(25)26)2-1-8(11)5-22-12-10(4-18-22)13(21-14(16)20-12)23-7-17-6-19-23/h1-4,6-7H,5H2,(H2,16,20,21). The number of nitro benzene ring substituents is 1. The number of rotatable bonds is 4. The third-order valence-electron chi connectivity index (χ3n) is 3.70. The van der Waals surface area contributed by atoms with Crippen LogP contribution in [0.5, 0.6) is 0 Å². The summed E-state index contributed by atoms with van der Waals surface area (Å²) in [7, 11) is 0. The van der Waals surface area contributed by atoms with Gasteiger partial charge in [-0.05, 0) is 6.07 Å². The monoisotopic (exact) mass is 355 g/mol. The molecule has 0 atom stereocenters. The van der Waals surface area contributed by atoms with Gasteiger partial charge in [0.15, 0.2) is 11.5 Å². The highest BCUT2D eigenvalue weighted by Gasteiger charge is 2.16. The number of hydrogen-bond donors (Lipinski definition) is 1. The molecule has 12 heteroatoms. The van der Waals surface area contributed by atoms with Crippen molar-refractivity contribution in [3.05, 3.63) is 58.5 Å². The van der Waals surface area contributed by atoms with E-state index in [9.17, 15) is 14.5 Å². The zero-order valence-corrected chi connectivity index (χ0v) is 13.0. The maximum absolute atomic E-state index is 14.2. The van der Waals surface area contributed by atoms with E-state index in [-0.39, 0.29) is 23.7 Å². The van der Waals surface area contributed by atoms with Gasteiger partial charge in [-0.25, -0.2) is 18.7 Å². The lowest BCUT2D eigenvalue weighted by Crippen LogP contribution is -2.08. The van der Waals surface area contributed by atoms with E-state index in [2.05, 4.69) is 25.1 Å². The Morgan fingerprint density at radius 2 is 2.12 bits per heavy atom. The molecule has 0 aliphatic rings. The van der Waals surface area contributed by atoms with Crippen LogP contribution < -0.4 is 5.73 Å². The zero-order valence-electron chi connectivity index (χ0n) is 13.0. The predicted octanol–water partition coefficient (Wildman–Crippen LogP) is 1.08. The summed E-state index contributed by atoms with van der Waals surface area (Å²) in [5.74, 6) is -0.323. The molecule has 130 valence electrons. The highest BCUT2D eigenvalue weighted by Crippen LogP contribution is 2.22. The van der Waals surface area contributed by atoms with Gasteiger partial charge in [0.1, 0.15) is 18.5 Å². The van der Waals surface area contributed by atoms with Gasteiger partial charge in [-0.3, -0.25) is 10.1 Å². The Hall–Kier alpha value is -3.96. The van der Waals surface area contributed by atoms with Crippen LogP contribution in [0.3, 0.4) is 0 Å². The van der Waals surface area contributed by atoms with E-state index in [1.807, 2.05) is 0 Å². The van der Waals surface area contributed by atoms with Gasteiger partial charge in [0.2, 0.25) is 5.95 Å². The van der Waals surface area contributed by atoms with Gasteiger partial charge in [0.05, 0.1) is 29.1 Å². The number of nitro groups is 1. The molecule has 0 saturated carbocycles. The number of nitrogen functional groups attached to an aromatic ring is 1. The van der Waals surface area contributed by atoms with Gasteiger partial charge in [-0.1, -0.05) is 0 Å². The summed E-state index contributed by atoms with van der Waals surface area (Å²) in [4.78, 5) is 22.2. The largest absolute Gasteiger partial charge is 0.368 e. The number of halogens is 1. The maximum Gasteiger partial charge on any atom is 0.272 e. The fourth-order valence-electron chi connectivity index (χ4n) is 2.50. The number of nitrogens with zero attached hydrogens (tertiary/aromatic N) is 8. The Labute approximate surface area is 144 Å². The second-order valence-corrected chi connectivity index (χ2v) is 5.32. The van der Waals surface area contributed by atoms with Crippen LogP contribution in [0, 0.1) is 15.9 Å². The predicted molar refractivity (Wildman–Crippen MR) is 86.8 cm³/mol. The lowest BCUT2D eigenvalue weighted by molar-refractivity contribution is -0.385. The second-order valence-electron chi connectivity index (χ2n) is 5.32. The summed E-state index contributed by atoms with van der Waals surface area (Å²) in [6.07, 6.45) is 4.31. The summed E-state index contributed by atoms with van der Waals surface area (Å²) in [6, 6.07) is 3.43. The third kappa shape index (κ3) is 2.58. The van der Waals surface area contributed by atoms with E-state index in [4.69, 9.17) is 5.73 Å². The Bertz CT molecular complexity index is 1120. The minimum Gasteiger partial charge on any atom is -0.368 e. The summed E-state index contributed by atoms with van der Waals surface area (Å²) in [6.45, 7) is 0.0145. The molecule has 0 saturated heterocycles. The zero-order chi connectivity index (χ0) is 18.3. The minimum atomic E-state index is -0.707. The topological polar surface area (TPSA) is 143 Å². The van der Waals surface area contributed by atoms with Crippen molar-refractivity contribution in [3.63, 3.8) is 0 Å². The molecule has 0 spiro atoms. The fourth-order valence-corrected chi connectivity index (χ4v) is 2.50. The molecule has 4 aromatic rings. The molecule has 0 unspecified atom stereocenters. The van der Waals surface area contributed by atoms with Crippen LogP contribution in [0.15, 0.2) is 37.1 Å². The van der Waals surface area contributed by atoms with Crippen molar-refractivity contribution in [2.45, 2.75) is 6.54 Å². The van der Waals surface area contributed by atoms with E-state index in [1.165, 1.54) is 40.3 Å². The molecular weight excluding hydrogens is 345 g/mol. The summed E-state index contributed by atoms with van der Waals surface area (Å²) >= 11 is 0. The third-order valence-corrected chi connectivity index (χ3v) is 3.70. The first kappa shape index (κ1) is 15.6. The first-order valence-corrected chi connectivity index (χ1v) is 7.30. The minimum absolute atomic E-state index is 0.00563. The van der Waals surface area contributed by atoms with Crippen molar-refractivity contribution in [1.82, 2.24) is 34.5 Å². The van der Waals surface area contributed by atoms with Crippen LogP contribution in [0.1, 0.15) is 5.56 Å². The molecule has 2 N–H and O–H groups in total. The van der Waals surface area contributed by atoms with Crippen molar-refractivity contribution < 1.29 is 9.31 Å². The van der Waals surface area contributed by atoms with E-state index in [0.29, 0.717) is 16.9 Å². The Morgan fingerprint density at radius 3 is 2.81 bits per heavy atom. The van der Waals surface area contributed by atoms with Crippen molar-refractivity contribution in [3.8, 4) is 5.82 Å². The fraction of sp³-hybridized carbons (Fsp3) is 0.0714. The summed E-state index contributed by atoms with van der Waals surface area (Å²) < 4.78 is 17.0.